The highest BCUT2D eigenvalue weighted by Gasteiger charge is 2.43. The van der Waals surface area contributed by atoms with Gasteiger partial charge in [0.15, 0.2) is 0 Å². The monoisotopic (exact) mass is 308 g/mol. The lowest BCUT2D eigenvalue weighted by atomic mass is 9.78. The highest BCUT2D eigenvalue weighted by molar-refractivity contribution is 5.79. The minimum atomic E-state index is 0.155. The average Bonchev–Trinajstić information content (AvgIpc) is 3.38. The van der Waals surface area contributed by atoms with Gasteiger partial charge in [0.05, 0.1) is 6.10 Å². The van der Waals surface area contributed by atoms with Crippen LogP contribution < -0.4 is 5.32 Å². The van der Waals surface area contributed by atoms with Gasteiger partial charge in [-0.3, -0.25) is 9.69 Å². The summed E-state index contributed by atoms with van der Waals surface area (Å²) in [7, 11) is 0. The number of fused-ring (bicyclic) bond motifs is 1. The van der Waals surface area contributed by atoms with Crippen LogP contribution in [0.25, 0.3) is 0 Å². The van der Waals surface area contributed by atoms with Crippen molar-refractivity contribution in [2.45, 2.75) is 56.7 Å². The molecule has 0 aromatic carbocycles. The van der Waals surface area contributed by atoms with Crippen molar-refractivity contribution in [2.75, 3.05) is 32.9 Å². The molecule has 1 N–H and O–H groups in total. The van der Waals surface area contributed by atoms with Gasteiger partial charge in [0.25, 0.3) is 0 Å². The van der Waals surface area contributed by atoms with Crippen LogP contribution in [0.2, 0.25) is 0 Å². The molecule has 3 heterocycles. The van der Waals surface area contributed by atoms with Crippen LogP contribution in [-0.4, -0.2) is 61.9 Å². The Bertz CT molecular complexity index is 407. The summed E-state index contributed by atoms with van der Waals surface area (Å²) < 4.78 is 11.5. The minimum Gasteiger partial charge on any atom is -0.381 e. The Morgan fingerprint density at radius 1 is 1.00 bits per heavy atom. The molecule has 4 rings (SSSR count). The minimum absolute atomic E-state index is 0.155. The zero-order valence-corrected chi connectivity index (χ0v) is 13.3. The molecule has 1 amide bonds. The van der Waals surface area contributed by atoms with E-state index in [4.69, 9.17) is 9.47 Å². The van der Waals surface area contributed by atoms with Crippen molar-refractivity contribution in [3.8, 4) is 0 Å². The molecule has 124 valence electrons. The first-order valence-corrected chi connectivity index (χ1v) is 9.05. The highest BCUT2D eigenvalue weighted by Crippen LogP contribution is 2.35. The van der Waals surface area contributed by atoms with E-state index in [1.165, 1.54) is 0 Å². The van der Waals surface area contributed by atoms with E-state index in [0.717, 1.165) is 71.4 Å². The van der Waals surface area contributed by atoms with Crippen molar-refractivity contribution in [2.24, 2.45) is 11.8 Å². The smallest absolute Gasteiger partial charge is 0.223 e. The molecule has 0 spiro atoms. The topological polar surface area (TPSA) is 50.8 Å². The number of hydrogen-bond donors (Lipinski definition) is 1. The number of nitrogens with one attached hydrogen (secondary N) is 1. The molecule has 3 saturated heterocycles. The largest absolute Gasteiger partial charge is 0.381 e. The molecule has 3 atom stereocenters. The van der Waals surface area contributed by atoms with Crippen molar-refractivity contribution >= 4 is 5.91 Å². The van der Waals surface area contributed by atoms with Gasteiger partial charge in [-0.1, -0.05) is 0 Å². The lowest BCUT2D eigenvalue weighted by Gasteiger charge is -2.47. The summed E-state index contributed by atoms with van der Waals surface area (Å²) in [5.74, 6) is 0.820. The standard InChI is InChI=1S/C17H28N2O3/c20-17(18-12-1-2-12)14-6-10-22-16-3-7-19(11-15(14)16)13-4-8-21-9-5-13/h12-16H,1-11H2,(H,18,20)/t14-,15+,16-/m1/s1. The maximum absolute atomic E-state index is 12.6. The predicted molar refractivity (Wildman–Crippen MR) is 82.5 cm³/mol. The number of carbonyl (C=O) groups is 1. The number of carbonyl (C=O) groups excluding carboxylic acids is 1. The first-order chi connectivity index (χ1) is 10.8. The van der Waals surface area contributed by atoms with Gasteiger partial charge in [-0.15, -0.1) is 0 Å². The summed E-state index contributed by atoms with van der Waals surface area (Å²) in [5, 5.41) is 3.22. The molecule has 0 unspecified atom stereocenters. The highest BCUT2D eigenvalue weighted by atomic mass is 16.5. The Labute approximate surface area is 132 Å². The number of nitrogens with zero attached hydrogens (tertiary/aromatic N) is 1. The lowest BCUT2D eigenvalue weighted by Crippen LogP contribution is -2.56. The van der Waals surface area contributed by atoms with Gasteiger partial charge < -0.3 is 14.8 Å². The van der Waals surface area contributed by atoms with Crippen molar-refractivity contribution in [3.63, 3.8) is 0 Å². The first kappa shape index (κ1) is 14.9. The predicted octanol–water partition coefficient (Wildman–Crippen LogP) is 1.17. The molecule has 4 aliphatic rings. The molecule has 0 aromatic heterocycles. The Balaban J connectivity index is 1.41. The maximum Gasteiger partial charge on any atom is 0.223 e. The van der Waals surface area contributed by atoms with Gasteiger partial charge in [0.1, 0.15) is 0 Å². The third-order valence-corrected chi connectivity index (χ3v) is 5.87. The number of amides is 1. The van der Waals surface area contributed by atoms with E-state index in [1.807, 2.05) is 0 Å². The van der Waals surface area contributed by atoms with Crippen LogP contribution in [0, 0.1) is 11.8 Å². The maximum atomic E-state index is 12.6. The normalized spacial score (nSPS) is 37.5. The summed E-state index contributed by atoms with van der Waals surface area (Å²) in [4.78, 5) is 15.2. The van der Waals surface area contributed by atoms with E-state index in [2.05, 4.69) is 10.2 Å². The second kappa shape index (κ2) is 6.46. The van der Waals surface area contributed by atoms with Crippen molar-refractivity contribution in [1.82, 2.24) is 10.2 Å². The average molecular weight is 308 g/mol. The molecule has 5 nitrogen and oxygen atoms in total. The van der Waals surface area contributed by atoms with Crippen molar-refractivity contribution < 1.29 is 14.3 Å². The molecule has 0 radical (unpaired) electrons. The molecule has 22 heavy (non-hydrogen) atoms. The van der Waals surface area contributed by atoms with E-state index < -0.39 is 0 Å². The van der Waals surface area contributed by atoms with E-state index in [9.17, 15) is 4.79 Å². The molecule has 3 aliphatic heterocycles. The fourth-order valence-electron chi connectivity index (χ4n) is 4.38. The summed E-state index contributed by atoms with van der Waals surface area (Å²) in [6, 6.07) is 1.10. The summed E-state index contributed by atoms with van der Waals surface area (Å²) >= 11 is 0. The first-order valence-electron chi connectivity index (χ1n) is 9.05. The second-order valence-corrected chi connectivity index (χ2v) is 7.38. The third kappa shape index (κ3) is 3.17. The molecule has 5 heteroatoms. The van der Waals surface area contributed by atoms with E-state index in [-0.39, 0.29) is 11.8 Å². The van der Waals surface area contributed by atoms with Crippen molar-refractivity contribution in [1.29, 1.82) is 0 Å². The fourth-order valence-corrected chi connectivity index (χ4v) is 4.38. The Morgan fingerprint density at radius 3 is 2.59 bits per heavy atom. The van der Waals surface area contributed by atoms with E-state index in [0.29, 0.717) is 24.1 Å². The summed E-state index contributed by atoms with van der Waals surface area (Å²) in [6.07, 6.45) is 6.86. The lowest BCUT2D eigenvalue weighted by molar-refractivity contribution is -0.144. The van der Waals surface area contributed by atoms with Crippen LogP contribution in [0.5, 0.6) is 0 Å². The van der Waals surface area contributed by atoms with Gasteiger partial charge in [0.2, 0.25) is 5.91 Å². The van der Waals surface area contributed by atoms with E-state index >= 15 is 0 Å². The molecule has 0 aromatic rings. The van der Waals surface area contributed by atoms with Gasteiger partial charge in [-0.2, -0.15) is 0 Å². The van der Waals surface area contributed by atoms with Crippen LogP contribution in [-0.2, 0) is 14.3 Å². The van der Waals surface area contributed by atoms with Gasteiger partial charge in [0, 0.05) is 56.8 Å². The Hall–Kier alpha value is -0.650. The van der Waals surface area contributed by atoms with Gasteiger partial charge in [-0.05, 0) is 38.5 Å². The molecule has 0 bridgehead atoms. The van der Waals surface area contributed by atoms with Crippen LogP contribution in [0.4, 0.5) is 0 Å². The van der Waals surface area contributed by atoms with Crippen molar-refractivity contribution in [3.05, 3.63) is 0 Å². The molecule has 1 aliphatic carbocycles. The number of piperidine rings is 1. The number of ether oxygens (including phenoxy) is 2. The van der Waals surface area contributed by atoms with Gasteiger partial charge in [-0.25, -0.2) is 0 Å². The van der Waals surface area contributed by atoms with E-state index in [1.54, 1.807) is 0 Å². The molecular weight excluding hydrogens is 280 g/mol. The van der Waals surface area contributed by atoms with Crippen LogP contribution in [0.3, 0.4) is 0 Å². The summed E-state index contributed by atoms with van der Waals surface area (Å²) in [6.45, 7) is 4.66. The Morgan fingerprint density at radius 2 is 1.82 bits per heavy atom. The fraction of sp³-hybridized carbons (Fsp3) is 0.941. The quantitative estimate of drug-likeness (QED) is 0.850. The number of likely N-dealkylation sites (tertiary alicyclic amines) is 1. The molecular formula is C17H28N2O3. The Kier molecular flexibility index (Phi) is 4.38. The SMILES string of the molecule is O=C(NC1CC1)[C@@H]1CCO[C@@H]2CCN(C3CCOCC3)C[C@H]21. The molecule has 1 saturated carbocycles. The van der Waals surface area contributed by atoms with Crippen LogP contribution >= 0.6 is 0 Å². The third-order valence-electron chi connectivity index (χ3n) is 5.87. The molecule has 4 fully saturated rings. The van der Waals surface area contributed by atoms with Gasteiger partial charge >= 0.3 is 0 Å². The number of rotatable bonds is 3. The van der Waals surface area contributed by atoms with Crippen LogP contribution in [0.1, 0.15) is 38.5 Å². The zero-order chi connectivity index (χ0) is 14.9. The number of hydrogen-bond acceptors (Lipinski definition) is 4. The summed E-state index contributed by atoms with van der Waals surface area (Å²) in [5.41, 5.74) is 0. The van der Waals surface area contributed by atoms with Crippen LogP contribution in [0.15, 0.2) is 0 Å². The second-order valence-electron chi connectivity index (χ2n) is 7.38. The zero-order valence-electron chi connectivity index (χ0n) is 13.3.